The second-order valence-corrected chi connectivity index (χ2v) is 6.41. The maximum atomic E-state index is 9.31. The molecule has 0 spiro atoms. The number of nitrogens with zero attached hydrogens (tertiary/aromatic N) is 1. The van der Waals surface area contributed by atoms with E-state index in [0.717, 1.165) is 50.7 Å². The van der Waals surface area contributed by atoms with Crippen LogP contribution in [0.15, 0.2) is 35.3 Å². The van der Waals surface area contributed by atoms with Crippen molar-refractivity contribution in [3.05, 3.63) is 30.3 Å². The van der Waals surface area contributed by atoms with Crippen molar-refractivity contribution in [3.8, 4) is 5.75 Å². The third-order valence-corrected chi connectivity index (χ3v) is 4.37. The van der Waals surface area contributed by atoms with Crippen molar-refractivity contribution >= 4 is 5.96 Å². The molecule has 1 aliphatic rings. The molecule has 25 heavy (non-hydrogen) atoms. The van der Waals surface area contributed by atoms with Crippen LogP contribution < -0.4 is 15.4 Å². The van der Waals surface area contributed by atoms with E-state index in [1.165, 1.54) is 0 Å². The minimum Gasteiger partial charge on any atom is -0.494 e. The normalized spacial score (nSPS) is 20.5. The number of aliphatic hydroxyl groups excluding tert-OH is 1. The summed E-state index contributed by atoms with van der Waals surface area (Å²) >= 11 is 0. The van der Waals surface area contributed by atoms with Crippen LogP contribution in [0.5, 0.6) is 5.75 Å². The van der Waals surface area contributed by atoms with E-state index in [1.807, 2.05) is 30.3 Å². The van der Waals surface area contributed by atoms with Gasteiger partial charge < -0.3 is 25.2 Å². The molecule has 6 nitrogen and oxygen atoms in total. The largest absolute Gasteiger partial charge is 0.494 e. The molecule has 1 aromatic rings. The fourth-order valence-corrected chi connectivity index (χ4v) is 2.86. The van der Waals surface area contributed by atoms with E-state index in [9.17, 15) is 5.11 Å². The number of ether oxygens (including phenoxy) is 2. The molecule has 0 aromatic heterocycles. The van der Waals surface area contributed by atoms with Crippen LogP contribution in [0, 0.1) is 5.41 Å². The van der Waals surface area contributed by atoms with Gasteiger partial charge in [0.25, 0.3) is 0 Å². The summed E-state index contributed by atoms with van der Waals surface area (Å²) in [6.45, 7) is 6.62. The van der Waals surface area contributed by atoms with Crippen molar-refractivity contribution in [2.24, 2.45) is 10.4 Å². The van der Waals surface area contributed by atoms with Gasteiger partial charge in [-0.05, 0) is 38.3 Å². The molecule has 6 heteroatoms. The molecule has 140 valence electrons. The second-order valence-electron chi connectivity index (χ2n) is 6.41. The smallest absolute Gasteiger partial charge is 0.191 e. The quantitative estimate of drug-likeness (QED) is 0.341. The average molecular weight is 349 g/mol. The van der Waals surface area contributed by atoms with Crippen LogP contribution in [0.1, 0.15) is 26.2 Å². The summed E-state index contributed by atoms with van der Waals surface area (Å²) in [5.74, 6) is 1.71. The fourth-order valence-electron chi connectivity index (χ4n) is 2.86. The van der Waals surface area contributed by atoms with E-state index in [4.69, 9.17) is 14.5 Å². The molecule has 0 bridgehead atoms. The SMILES string of the molecule is CCNC(=NCC1(CCO)CCOC1)NCCCOc1ccccc1. The van der Waals surface area contributed by atoms with Gasteiger partial charge in [0.2, 0.25) is 0 Å². The van der Waals surface area contributed by atoms with Gasteiger partial charge in [0.1, 0.15) is 5.75 Å². The van der Waals surface area contributed by atoms with Gasteiger partial charge in [-0.1, -0.05) is 18.2 Å². The van der Waals surface area contributed by atoms with Crippen LogP contribution in [0.2, 0.25) is 0 Å². The van der Waals surface area contributed by atoms with Crippen LogP contribution in [0.25, 0.3) is 0 Å². The Morgan fingerprint density at radius 3 is 2.84 bits per heavy atom. The van der Waals surface area contributed by atoms with Gasteiger partial charge >= 0.3 is 0 Å². The number of nitrogens with one attached hydrogen (secondary N) is 2. The maximum absolute atomic E-state index is 9.31. The predicted molar refractivity (Wildman–Crippen MR) is 100 cm³/mol. The highest BCUT2D eigenvalue weighted by Crippen LogP contribution is 2.32. The second kappa shape index (κ2) is 10.9. The molecule has 0 aliphatic carbocycles. The number of hydrogen-bond donors (Lipinski definition) is 3. The average Bonchev–Trinajstić information content (AvgIpc) is 3.09. The highest BCUT2D eigenvalue weighted by Gasteiger charge is 2.34. The first-order chi connectivity index (χ1) is 12.3. The topological polar surface area (TPSA) is 75.1 Å². The van der Waals surface area contributed by atoms with Crippen LogP contribution in [0.3, 0.4) is 0 Å². The van der Waals surface area contributed by atoms with Gasteiger partial charge in [-0.2, -0.15) is 0 Å². The lowest BCUT2D eigenvalue weighted by molar-refractivity contribution is 0.131. The molecule has 1 heterocycles. The van der Waals surface area contributed by atoms with E-state index in [-0.39, 0.29) is 12.0 Å². The molecule has 0 radical (unpaired) electrons. The molecule has 3 N–H and O–H groups in total. The Balaban J connectivity index is 1.73. The predicted octanol–water partition coefficient (Wildman–Crippen LogP) is 1.80. The number of benzene rings is 1. The van der Waals surface area contributed by atoms with Gasteiger partial charge in [0.15, 0.2) is 5.96 Å². The highest BCUT2D eigenvalue weighted by molar-refractivity contribution is 5.79. The number of aliphatic imine (C=N–C) groups is 1. The summed E-state index contributed by atoms with van der Waals surface area (Å²) in [6, 6.07) is 9.84. The van der Waals surface area contributed by atoms with E-state index in [2.05, 4.69) is 17.6 Å². The Morgan fingerprint density at radius 1 is 1.32 bits per heavy atom. The first-order valence-corrected chi connectivity index (χ1v) is 9.17. The Kier molecular flexibility index (Phi) is 8.55. The zero-order chi connectivity index (χ0) is 17.8. The molecule has 0 saturated carbocycles. The first kappa shape index (κ1) is 19.5. The Bertz CT molecular complexity index is 502. The molecule has 0 amide bonds. The molecule has 1 saturated heterocycles. The van der Waals surface area contributed by atoms with Gasteiger partial charge in [-0.25, -0.2) is 0 Å². The first-order valence-electron chi connectivity index (χ1n) is 9.17. The monoisotopic (exact) mass is 349 g/mol. The molecule has 1 aliphatic heterocycles. The fraction of sp³-hybridized carbons (Fsp3) is 0.632. The van der Waals surface area contributed by atoms with Crippen LogP contribution in [-0.2, 0) is 4.74 Å². The van der Waals surface area contributed by atoms with Crippen LogP contribution in [0.4, 0.5) is 0 Å². The Hall–Kier alpha value is -1.79. The molecule has 1 aromatic carbocycles. The zero-order valence-electron chi connectivity index (χ0n) is 15.2. The summed E-state index contributed by atoms with van der Waals surface area (Å²) < 4.78 is 11.2. The van der Waals surface area contributed by atoms with Gasteiger partial charge in [0, 0.05) is 31.7 Å². The molecule has 1 fully saturated rings. The van der Waals surface area contributed by atoms with Crippen molar-refractivity contribution < 1.29 is 14.6 Å². The molecular formula is C19H31N3O3. The maximum Gasteiger partial charge on any atom is 0.191 e. The minimum atomic E-state index is -0.0203. The number of aliphatic hydroxyl groups is 1. The molecule has 2 rings (SSSR count). The number of guanidine groups is 1. The van der Waals surface area contributed by atoms with Gasteiger partial charge in [0.05, 0.1) is 19.8 Å². The summed E-state index contributed by atoms with van der Waals surface area (Å²) in [4.78, 5) is 4.70. The number of hydrogen-bond acceptors (Lipinski definition) is 4. The van der Waals surface area contributed by atoms with Gasteiger partial charge in [-0.3, -0.25) is 4.99 Å². The summed E-state index contributed by atoms with van der Waals surface area (Å²) in [6.07, 6.45) is 2.59. The van der Waals surface area contributed by atoms with Crippen LogP contribution in [-0.4, -0.2) is 57.1 Å². The van der Waals surface area contributed by atoms with E-state index < -0.39 is 0 Å². The summed E-state index contributed by atoms with van der Waals surface area (Å²) in [7, 11) is 0. The standard InChI is InChI=1S/C19H31N3O3/c1-2-20-18(22-15-19(9-12-23)10-14-24-16-19)21-11-6-13-25-17-7-4-3-5-8-17/h3-5,7-8,23H,2,6,9-16H2,1H3,(H2,20,21,22). The molecule has 1 unspecified atom stereocenters. The minimum absolute atomic E-state index is 0.0203. The molecule has 1 atom stereocenters. The van der Waals surface area contributed by atoms with E-state index >= 15 is 0 Å². The zero-order valence-corrected chi connectivity index (χ0v) is 15.2. The lowest BCUT2D eigenvalue weighted by atomic mass is 9.84. The number of rotatable bonds is 10. The molecular weight excluding hydrogens is 318 g/mol. The van der Waals surface area contributed by atoms with Crippen LogP contribution >= 0.6 is 0 Å². The van der Waals surface area contributed by atoms with Crippen molar-refractivity contribution in [1.82, 2.24) is 10.6 Å². The van der Waals surface area contributed by atoms with Gasteiger partial charge in [-0.15, -0.1) is 0 Å². The lowest BCUT2D eigenvalue weighted by Crippen LogP contribution is -2.39. The van der Waals surface area contributed by atoms with Crippen molar-refractivity contribution in [1.29, 1.82) is 0 Å². The highest BCUT2D eigenvalue weighted by atomic mass is 16.5. The number of para-hydroxylation sites is 1. The summed E-state index contributed by atoms with van der Waals surface area (Å²) in [5, 5.41) is 15.9. The van der Waals surface area contributed by atoms with Crippen molar-refractivity contribution in [3.63, 3.8) is 0 Å². The third kappa shape index (κ3) is 6.92. The third-order valence-electron chi connectivity index (χ3n) is 4.37. The summed E-state index contributed by atoms with van der Waals surface area (Å²) in [5.41, 5.74) is -0.0203. The van der Waals surface area contributed by atoms with Crippen molar-refractivity contribution in [2.45, 2.75) is 26.2 Å². The van der Waals surface area contributed by atoms with E-state index in [0.29, 0.717) is 19.8 Å². The Labute approximate surface area is 150 Å². The lowest BCUT2D eigenvalue weighted by Gasteiger charge is -2.24. The Morgan fingerprint density at radius 2 is 2.16 bits per heavy atom. The van der Waals surface area contributed by atoms with Crippen molar-refractivity contribution in [2.75, 3.05) is 46.1 Å². The van der Waals surface area contributed by atoms with E-state index in [1.54, 1.807) is 0 Å².